The van der Waals surface area contributed by atoms with Gasteiger partial charge in [0.05, 0.1) is 25.3 Å². The van der Waals surface area contributed by atoms with Crippen LogP contribution in [0.2, 0.25) is 0 Å². The lowest BCUT2D eigenvalue weighted by Gasteiger charge is -2.23. The number of hydrogen-bond acceptors (Lipinski definition) is 4. The van der Waals surface area contributed by atoms with Crippen LogP contribution in [0.3, 0.4) is 0 Å². The Balaban J connectivity index is 2.07. The normalized spacial score (nSPS) is 12.4. The van der Waals surface area contributed by atoms with E-state index in [2.05, 4.69) is 5.32 Å². The van der Waals surface area contributed by atoms with E-state index in [4.69, 9.17) is 5.11 Å². The van der Waals surface area contributed by atoms with E-state index in [0.29, 0.717) is 0 Å². The third-order valence-corrected chi connectivity index (χ3v) is 3.72. The molecule has 0 radical (unpaired) electrons. The molecule has 24 heavy (non-hydrogen) atoms. The predicted molar refractivity (Wildman–Crippen MR) is 93.5 cm³/mol. The van der Waals surface area contributed by atoms with E-state index in [1.54, 1.807) is 11.9 Å². The molecule has 5 nitrogen and oxygen atoms in total. The average molecular weight is 328 g/mol. The molecular formula is C19H24N2O3. The highest BCUT2D eigenvalue weighted by molar-refractivity contribution is 5.79. The summed E-state index contributed by atoms with van der Waals surface area (Å²) in [5, 5.41) is 21.4. The zero-order chi connectivity index (χ0) is 17.4. The molecule has 2 aromatic carbocycles. The second kappa shape index (κ2) is 9.17. The van der Waals surface area contributed by atoms with Crippen molar-refractivity contribution in [3.05, 3.63) is 71.8 Å². The van der Waals surface area contributed by atoms with Gasteiger partial charge in [-0.25, -0.2) is 0 Å². The summed E-state index contributed by atoms with van der Waals surface area (Å²) in [4.78, 5) is 14.1. The molecule has 0 heterocycles. The molecule has 3 N–H and O–H groups in total. The Morgan fingerprint density at radius 1 is 1.04 bits per heavy atom. The minimum atomic E-state index is -0.846. The van der Waals surface area contributed by atoms with Crippen molar-refractivity contribution in [1.29, 1.82) is 0 Å². The lowest BCUT2D eigenvalue weighted by Crippen LogP contribution is -2.40. The fraction of sp³-hybridized carbons (Fsp3) is 0.316. The minimum Gasteiger partial charge on any atom is -0.394 e. The Morgan fingerprint density at radius 2 is 1.54 bits per heavy atom. The van der Waals surface area contributed by atoms with Crippen LogP contribution in [0.5, 0.6) is 0 Å². The van der Waals surface area contributed by atoms with Gasteiger partial charge in [-0.2, -0.15) is 0 Å². The van der Waals surface area contributed by atoms with E-state index in [9.17, 15) is 9.90 Å². The molecule has 1 amide bonds. The van der Waals surface area contributed by atoms with Crippen molar-refractivity contribution < 1.29 is 15.0 Å². The quantitative estimate of drug-likeness (QED) is 0.680. The molecule has 0 fully saturated rings. The summed E-state index contributed by atoms with van der Waals surface area (Å²) < 4.78 is 0. The molecule has 0 aliphatic carbocycles. The summed E-state index contributed by atoms with van der Waals surface area (Å²) in [5.74, 6) is -0.139. The molecule has 2 rings (SSSR count). The lowest BCUT2D eigenvalue weighted by molar-refractivity contribution is -0.122. The molecule has 0 aliphatic rings. The lowest BCUT2D eigenvalue weighted by atomic mass is 9.99. The topological polar surface area (TPSA) is 72.8 Å². The fourth-order valence-electron chi connectivity index (χ4n) is 2.58. The van der Waals surface area contributed by atoms with Crippen molar-refractivity contribution in [1.82, 2.24) is 10.2 Å². The highest BCUT2D eigenvalue weighted by Crippen LogP contribution is 2.21. The van der Waals surface area contributed by atoms with Crippen molar-refractivity contribution in [2.24, 2.45) is 0 Å². The zero-order valence-corrected chi connectivity index (χ0v) is 13.8. The molecule has 0 spiro atoms. The summed E-state index contributed by atoms with van der Waals surface area (Å²) in [6.07, 6.45) is -0.846. The summed E-state index contributed by atoms with van der Waals surface area (Å²) in [6.45, 7) is 0.0705. The zero-order valence-electron chi connectivity index (χ0n) is 13.8. The largest absolute Gasteiger partial charge is 0.394 e. The number of hydrogen-bond donors (Lipinski definition) is 3. The molecule has 0 saturated heterocycles. The second-order valence-corrected chi connectivity index (χ2v) is 5.86. The smallest absolute Gasteiger partial charge is 0.234 e. The summed E-state index contributed by atoms with van der Waals surface area (Å²) in [5.41, 5.74) is 2.02. The Morgan fingerprint density at radius 3 is 2.00 bits per heavy atom. The van der Waals surface area contributed by atoms with E-state index < -0.39 is 6.10 Å². The van der Waals surface area contributed by atoms with Crippen molar-refractivity contribution in [2.75, 3.05) is 26.7 Å². The van der Waals surface area contributed by atoms with Crippen molar-refractivity contribution in [3.8, 4) is 0 Å². The van der Waals surface area contributed by atoms with E-state index in [0.717, 1.165) is 11.1 Å². The highest BCUT2D eigenvalue weighted by Gasteiger charge is 2.18. The first-order valence-electron chi connectivity index (χ1n) is 7.97. The third kappa shape index (κ3) is 5.45. The van der Waals surface area contributed by atoms with Crippen LogP contribution in [0, 0.1) is 0 Å². The highest BCUT2D eigenvalue weighted by atomic mass is 16.3. The Bertz CT molecular complexity index is 580. The molecule has 2 aromatic rings. The number of aliphatic hydroxyl groups excluding tert-OH is 2. The maximum atomic E-state index is 12.4. The Labute approximate surface area is 142 Å². The minimum absolute atomic E-state index is 0.139. The predicted octanol–water partition coefficient (Wildman–Crippen LogP) is 1.18. The summed E-state index contributed by atoms with van der Waals surface area (Å²) >= 11 is 0. The first-order chi connectivity index (χ1) is 11.6. The monoisotopic (exact) mass is 328 g/mol. The molecule has 0 saturated carbocycles. The van der Waals surface area contributed by atoms with Crippen molar-refractivity contribution in [3.63, 3.8) is 0 Å². The van der Waals surface area contributed by atoms with Gasteiger partial charge in [0.2, 0.25) is 5.91 Å². The number of likely N-dealkylation sites (N-methyl/N-ethyl adjacent to an activating group) is 1. The van der Waals surface area contributed by atoms with Gasteiger partial charge in [0.25, 0.3) is 0 Å². The van der Waals surface area contributed by atoms with E-state index in [1.807, 2.05) is 60.7 Å². The van der Waals surface area contributed by atoms with E-state index >= 15 is 0 Å². The number of nitrogens with one attached hydrogen (secondary N) is 1. The third-order valence-electron chi connectivity index (χ3n) is 3.72. The van der Waals surface area contributed by atoms with Crippen LogP contribution in [0.25, 0.3) is 0 Å². The second-order valence-electron chi connectivity index (χ2n) is 5.86. The SMILES string of the molecule is CN(CC(=O)NC(c1ccccc1)c1ccccc1)CC(O)CO. The van der Waals surface area contributed by atoms with Crippen LogP contribution < -0.4 is 5.32 Å². The number of amides is 1. The van der Waals surface area contributed by atoms with Crippen LogP contribution in [0.1, 0.15) is 17.2 Å². The van der Waals surface area contributed by atoms with Gasteiger partial charge in [-0.3, -0.25) is 9.69 Å². The molecule has 5 heteroatoms. The van der Waals surface area contributed by atoms with Crippen molar-refractivity contribution in [2.45, 2.75) is 12.1 Å². The number of benzene rings is 2. The summed E-state index contributed by atoms with van der Waals surface area (Å²) in [7, 11) is 1.73. The number of aliphatic hydroxyl groups is 2. The summed E-state index contributed by atoms with van der Waals surface area (Å²) in [6, 6.07) is 19.4. The van der Waals surface area contributed by atoms with Crippen molar-refractivity contribution >= 4 is 5.91 Å². The molecular weight excluding hydrogens is 304 g/mol. The Hall–Kier alpha value is -2.21. The van der Waals surface area contributed by atoms with Crippen LogP contribution in [-0.2, 0) is 4.79 Å². The molecule has 1 unspecified atom stereocenters. The number of carbonyl (C=O) groups is 1. The maximum Gasteiger partial charge on any atom is 0.234 e. The average Bonchev–Trinajstić information content (AvgIpc) is 2.61. The molecule has 128 valence electrons. The first-order valence-corrected chi connectivity index (χ1v) is 7.97. The molecule has 1 atom stereocenters. The maximum absolute atomic E-state index is 12.4. The van der Waals surface area contributed by atoms with Gasteiger partial charge in [0.1, 0.15) is 0 Å². The van der Waals surface area contributed by atoms with Gasteiger partial charge >= 0.3 is 0 Å². The standard InChI is InChI=1S/C19H24N2O3/c1-21(12-17(23)14-22)13-18(24)20-19(15-8-4-2-5-9-15)16-10-6-3-7-11-16/h2-11,17,19,22-23H,12-14H2,1H3,(H,20,24). The van der Waals surface area contributed by atoms with Gasteiger partial charge in [-0.15, -0.1) is 0 Å². The fourth-order valence-corrected chi connectivity index (χ4v) is 2.58. The van der Waals surface area contributed by atoms with E-state index in [1.165, 1.54) is 0 Å². The number of carbonyl (C=O) groups excluding carboxylic acids is 1. The molecule has 0 bridgehead atoms. The van der Waals surface area contributed by atoms with Crippen LogP contribution in [0.15, 0.2) is 60.7 Å². The van der Waals surface area contributed by atoms with Crippen LogP contribution in [0.4, 0.5) is 0 Å². The van der Waals surface area contributed by atoms with Gasteiger partial charge in [-0.1, -0.05) is 60.7 Å². The Kier molecular flexibility index (Phi) is 6.93. The van der Waals surface area contributed by atoms with Gasteiger partial charge in [0.15, 0.2) is 0 Å². The first kappa shape index (κ1) is 18.1. The van der Waals surface area contributed by atoms with Crippen LogP contribution in [-0.4, -0.2) is 53.9 Å². The van der Waals surface area contributed by atoms with Gasteiger partial charge in [-0.05, 0) is 18.2 Å². The molecule has 0 aliphatic heterocycles. The van der Waals surface area contributed by atoms with E-state index in [-0.39, 0.29) is 31.6 Å². The molecule has 0 aromatic heterocycles. The van der Waals surface area contributed by atoms with Gasteiger partial charge in [0, 0.05) is 6.54 Å². The number of rotatable bonds is 8. The number of nitrogens with zero attached hydrogens (tertiary/aromatic N) is 1. The van der Waals surface area contributed by atoms with Crippen LogP contribution >= 0.6 is 0 Å². The van der Waals surface area contributed by atoms with Gasteiger partial charge < -0.3 is 15.5 Å².